The fourth-order valence-corrected chi connectivity index (χ4v) is 4.57. The molecule has 0 spiro atoms. The molecule has 16 heteroatoms. The van der Waals surface area contributed by atoms with Gasteiger partial charge in [-0.15, -0.1) is 0 Å². The predicted octanol–water partition coefficient (Wildman–Crippen LogP) is -3.43. The highest BCUT2D eigenvalue weighted by molar-refractivity contribution is 5.98. The molecule has 0 saturated carbocycles. The van der Waals surface area contributed by atoms with E-state index in [0.717, 1.165) is 0 Å². The van der Waals surface area contributed by atoms with Gasteiger partial charge in [0.15, 0.2) is 5.96 Å². The van der Waals surface area contributed by atoms with Crippen molar-refractivity contribution >= 4 is 41.5 Å². The number of nitrogens with one attached hydrogen (secondary N) is 4. The van der Waals surface area contributed by atoms with Crippen LogP contribution in [0, 0.1) is 0 Å². The van der Waals surface area contributed by atoms with Crippen molar-refractivity contribution in [3.63, 3.8) is 0 Å². The number of carboxylic acid groups (broad SMARTS) is 1. The van der Waals surface area contributed by atoms with E-state index in [0.29, 0.717) is 12.0 Å². The average molecular weight is 589 g/mol. The van der Waals surface area contributed by atoms with E-state index in [4.69, 9.17) is 16.2 Å². The molecule has 0 radical (unpaired) electrons. The third kappa shape index (κ3) is 9.43. The van der Waals surface area contributed by atoms with Crippen LogP contribution < -0.4 is 32.7 Å². The number of rotatable bonds is 8. The zero-order valence-corrected chi connectivity index (χ0v) is 22.9. The minimum absolute atomic E-state index is 0.0225. The number of ether oxygens (including phenoxy) is 1. The number of nitrogens with zero attached hydrogens (tertiary/aromatic N) is 2. The number of carbonyl (C=O) groups excluding carboxylic acids is 5. The summed E-state index contributed by atoms with van der Waals surface area (Å²) in [6.45, 7) is -0.442. The standard InChI is InChI=1S/C26H36N8O8/c27-26(28)29-8-4-7-16-22(38)30-13-20(35)31-17(12-21(36)37)23(39)33-18(11-15-5-2-1-3-6-15)25(41)34-9-10-42-14-19(34)24(40)32-16/h1-3,5-6,16-19H,4,7-14H2,(H,30,38)(H,31,35)(H,32,40)(H,33,39)(H,36,37)(H4,27,28,29)/t16-,17-,18+,19-/m0/s1. The summed E-state index contributed by atoms with van der Waals surface area (Å²) in [4.78, 5) is 82.8. The molecular formula is C26H36N8O8. The molecule has 3 rings (SSSR count). The Kier molecular flexibility index (Phi) is 11.6. The maximum atomic E-state index is 13.9. The number of nitrogens with two attached hydrogens (primary N) is 2. The van der Waals surface area contributed by atoms with Gasteiger partial charge >= 0.3 is 5.97 Å². The molecule has 4 atom stereocenters. The maximum absolute atomic E-state index is 13.9. The Balaban J connectivity index is 1.96. The molecule has 2 heterocycles. The number of morpholine rings is 1. The second-order valence-corrected chi connectivity index (χ2v) is 9.82. The molecule has 16 nitrogen and oxygen atoms in total. The summed E-state index contributed by atoms with van der Waals surface area (Å²) >= 11 is 0. The van der Waals surface area contributed by atoms with Crippen molar-refractivity contribution in [2.45, 2.75) is 49.9 Å². The fourth-order valence-electron chi connectivity index (χ4n) is 4.57. The Hall–Kier alpha value is -4.73. The van der Waals surface area contributed by atoms with Crippen molar-refractivity contribution in [3.05, 3.63) is 35.9 Å². The second kappa shape index (κ2) is 15.3. The lowest BCUT2D eigenvalue weighted by Gasteiger charge is -2.37. The Labute approximate surface area is 241 Å². The Morgan fingerprint density at radius 1 is 0.976 bits per heavy atom. The first kappa shape index (κ1) is 31.8. The van der Waals surface area contributed by atoms with Crippen LogP contribution >= 0.6 is 0 Å². The highest BCUT2D eigenvalue weighted by atomic mass is 16.5. The van der Waals surface area contributed by atoms with Gasteiger partial charge in [0.05, 0.1) is 26.2 Å². The predicted molar refractivity (Wildman–Crippen MR) is 147 cm³/mol. The number of fused-ring (bicyclic) bond motifs is 1. The third-order valence-electron chi connectivity index (χ3n) is 6.64. The second-order valence-electron chi connectivity index (χ2n) is 9.82. The number of aliphatic imine (C=N–C) groups is 1. The van der Waals surface area contributed by atoms with Gasteiger partial charge in [-0.25, -0.2) is 0 Å². The lowest BCUT2D eigenvalue weighted by Crippen LogP contribution is -2.62. The van der Waals surface area contributed by atoms with Crippen LogP contribution in [0.4, 0.5) is 0 Å². The smallest absolute Gasteiger partial charge is 0.305 e. The van der Waals surface area contributed by atoms with Gasteiger partial charge in [-0.3, -0.25) is 33.8 Å². The van der Waals surface area contributed by atoms with Gasteiger partial charge in [-0.1, -0.05) is 30.3 Å². The van der Waals surface area contributed by atoms with Gasteiger partial charge in [0.1, 0.15) is 24.2 Å². The molecule has 0 aliphatic carbocycles. The molecular weight excluding hydrogens is 552 g/mol. The Morgan fingerprint density at radius 3 is 2.38 bits per heavy atom. The van der Waals surface area contributed by atoms with Gasteiger partial charge in [-0.05, 0) is 18.4 Å². The van der Waals surface area contributed by atoms with E-state index in [1.807, 2.05) is 0 Å². The maximum Gasteiger partial charge on any atom is 0.305 e. The first-order valence-electron chi connectivity index (χ1n) is 13.4. The first-order valence-corrected chi connectivity index (χ1v) is 13.4. The van der Waals surface area contributed by atoms with Crippen LogP contribution in [-0.2, 0) is 39.9 Å². The number of aliphatic carboxylic acids is 1. The molecule has 2 fully saturated rings. The van der Waals surface area contributed by atoms with Gasteiger partial charge in [0.25, 0.3) is 0 Å². The van der Waals surface area contributed by atoms with Crippen molar-refractivity contribution in [3.8, 4) is 0 Å². The van der Waals surface area contributed by atoms with Gasteiger partial charge in [0, 0.05) is 19.5 Å². The molecule has 2 aliphatic rings. The summed E-state index contributed by atoms with van der Waals surface area (Å²) in [6.07, 6.45) is -0.357. The highest BCUT2D eigenvalue weighted by Crippen LogP contribution is 2.14. The molecule has 1 aromatic rings. The molecule has 5 amide bonds. The third-order valence-corrected chi connectivity index (χ3v) is 6.64. The molecule has 0 aromatic heterocycles. The normalized spacial score (nSPS) is 24.1. The zero-order valence-electron chi connectivity index (χ0n) is 22.9. The van der Waals surface area contributed by atoms with Crippen LogP contribution in [0.3, 0.4) is 0 Å². The number of carboxylic acids is 1. The van der Waals surface area contributed by atoms with Crippen molar-refractivity contribution < 1.29 is 38.6 Å². The van der Waals surface area contributed by atoms with Gasteiger partial charge in [0.2, 0.25) is 29.5 Å². The van der Waals surface area contributed by atoms with Crippen LogP contribution in [0.25, 0.3) is 0 Å². The van der Waals surface area contributed by atoms with Crippen LogP contribution in [0.15, 0.2) is 35.3 Å². The SMILES string of the molecule is NC(N)=NCCC[C@@H]1NC(=O)[C@@H]2COCCN2C(=O)[C@@H](Cc2ccccc2)NC(=O)[C@H](CC(=O)O)NC(=O)CNC1=O. The van der Waals surface area contributed by atoms with E-state index in [9.17, 15) is 33.9 Å². The zero-order chi connectivity index (χ0) is 30.6. The molecule has 2 aliphatic heterocycles. The Bertz CT molecular complexity index is 1190. The van der Waals surface area contributed by atoms with Crippen molar-refractivity contribution in [2.24, 2.45) is 16.5 Å². The van der Waals surface area contributed by atoms with Crippen molar-refractivity contribution in [1.29, 1.82) is 0 Å². The van der Waals surface area contributed by atoms with E-state index in [-0.39, 0.29) is 45.1 Å². The monoisotopic (exact) mass is 588 g/mol. The molecule has 228 valence electrons. The number of guanidine groups is 1. The lowest BCUT2D eigenvalue weighted by atomic mass is 10.0. The molecule has 0 unspecified atom stereocenters. The summed E-state index contributed by atoms with van der Waals surface area (Å²) < 4.78 is 5.48. The molecule has 1 aromatic carbocycles. The highest BCUT2D eigenvalue weighted by Gasteiger charge is 2.39. The minimum atomic E-state index is -1.54. The first-order chi connectivity index (χ1) is 20.0. The van der Waals surface area contributed by atoms with Crippen LogP contribution in [0.1, 0.15) is 24.8 Å². The van der Waals surface area contributed by atoms with Crippen molar-refractivity contribution in [2.75, 3.05) is 32.8 Å². The van der Waals surface area contributed by atoms with Crippen LogP contribution in [0.5, 0.6) is 0 Å². The van der Waals surface area contributed by atoms with Gasteiger partial charge in [-0.2, -0.15) is 0 Å². The number of amides is 5. The molecule has 0 bridgehead atoms. The number of hydrogen-bond donors (Lipinski definition) is 7. The molecule has 9 N–H and O–H groups in total. The lowest BCUT2D eigenvalue weighted by molar-refractivity contribution is -0.151. The Morgan fingerprint density at radius 2 is 1.69 bits per heavy atom. The molecule has 2 saturated heterocycles. The van der Waals surface area contributed by atoms with E-state index >= 15 is 0 Å². The summed E-state index contributed by atoms with van der Waals surface area (Å²) in [5.74, 6) is -5.26. The van der Waals surface area contributed by atoms with Crippen LogP contribution in [0.2, 0.25) is 0 Å². The summed E-state index contributed by atoms with van der Waals surface area (Å²) in [5.41, 5.74) is 11.4. The largest absolute Gasteiger partial charge is 0.481 e. The number of benzene rings is 1. The fraction of sp³-hybridized carbons (Fsp3) is 0.500. The van der Waals surface area contributed by atoms with Crippen molar-refractivity contribution in [1.82, 2.24) is 26.2 Å². The molecule has 42 heavy (non-hydrogen) atoms. The summed E-state index contributed by atoms with van der Waals surface area (Å²) in [5, 5.41) is 19.3. The average Bonchev–Trinajstić information content (AvgIpc) is 2.96. The van der Waals surface area contributed by atoms with Gasteiger partial charge < -0.3 is 47.5 Å². The number of carbonyl (C=O) groups is 6. The van der Waals surface area contributed by atoms with E-state index in [1.54, 1.807) is 30.3 Å². The number of hydrogen-bond acceptors (Lipinski definition) is 8. The van der Waals surface area contributed by atoms with E-state index in [1.165, 1.54) is 4.90 Å². The summed E-state index contributed by atoms with van der Waals surface area (Å²) in [7, 11) is 0. The quantitative estimate of drug-likeness (QED) is 0.0899. The minimum Gasteiger partial charge on any atom is -0.481 e. The van der Waals surface area contributed by atoms with E-state index in [2.05, 4.69) is 26.3 Å². The topological polar surface area (TPSA) is 248 Å². The summed E-state index contributed by atoms with van der Waals surface area (Å²) in [6, 6.07) is 3.78. The van der Waals surface area contributed by atoms with Crippen LogP contribution in [-0.4, -0.2) is 108 Å². The van der Waals surface area contributed by atoms with E-state index < -0.39 is 72.6 Å².